The molecule has 0 aliphatic carbocycles. The Hall–Kier alpha value is -2.73. The van der Waals surface area contributed by atoms with E-state index < -0.39 is 23.6 Å². The summed E-state index contributed by atoms with van der Waals surface area (Å²) in [4.78, 5) is 26.3. The van der Waals surface area contributed by atoms with Crippen LogP contribution < -0.4 is 5.32 Å². The molecular weight excluding hydrogens is 372 g/mol. The van der Waals surface area contributed by atoms with E-state index in [1.165, 1.54) is 4.90 Å². The largest absolute Gasteiger partial charge is 0.459 e. The summed E-state index contributed by atoms with van der Waals surface area (Å²) < 4.78 is 5.24. The standard InChI is InChI=1S/C22H26N2O3S/c1-16(28)24(21(26)23-15-19(25)27-22(2,3)4)20(17-11-7-5-8-12-17)18-13-9-6-10-14-18/h5-14,20,28H,1,15H2,2-4H3,(H,23,26). The Labute approximate surface area is 171 Å². The van der Waals surface area contributed by atoms with Crippen molar-refractivity contribution in [1.29, 1.82) is 0 Å². The van der Waals surface area contributed by atoms with Crippen LogP contribution in [0.15, 0.2) is 72.3 Å². The molecule has 0 aliphatic heterocycles. The van der Waals surface area contributed by atoms with Gasteiger partial charge in [-0.1, -0.05) is 67.2 Å². The number of hydrogen-bond acceptors (Lipinski definition) is 4. The van der Waals surface area contributed by atoms with Crippen LogP contribution >= 0.6 is 12.6 Å². The summed E-state index contributed by atoms with van der Waals surface area (Å²) in [5.74, 6) is -0.512. The molecule has 2 aromatic rings. The third-order valence-corrected chi connectivity index (χ3v) is 4.01. The van der Waals surface area contributed by atoms with Crippen molar-refractivity contribution in [2.24, 2.45) is 0 Å². The van der Waals surface area contributed by atoms with Gasteiger partial charge in [-0.05, 0) is 31.9 Å². The average Bonchev–Trinajstić information content (AvgIpc) is 2.64. The molecule has 148 valence electrons. The lowest BCUT2D eigenvalue weighted by molar-refractivity contribution is -0.153. The molecule has 0 fully saturated rings. The normalized spacial score (nSPS) is 11.0. The van der Waals surface area contributed by atoms with Crippen molar-refractivity contribution >= 4 is 24.6 Å². The maximum atomic E-state index is 12.9. The molecule has 2 amide bonds. The first kappa shape index (κ1) is 21.6. The van der Waals surface area contributed by atoms with Gasteiger partial charge < -0.3 is 10.1 Å². The van der Waals surface area contributed by atoms with Gasteiger partial charge in [0.05, 0.1) is 11.1 Å². The predicted octanol–water partition coefficient (Wildman–Crippen LogP) is 4.53. The first-order valence-corrected chi connectivity index (χ1v) is 9.40. The van der Waals surface area contributed by atoms with E-state index in [-0.39, 0.29) is 11.6 Å². The Morgan fingerprint density at radius 3 is 1.89 bits per heavy atom. The highest BCUT2D eigenvalue weighted by molar-refractivity contribution is 7.84. The van der Waals surface area contributed by atoms with Gasteiger partial charge in [0, 0.05) is 0 Å². The molecule has 0 aromatic heterocycles. The van der Waals surface area contributed by atoms with Gasteiger partial charge in [0.15, 0.2) is 0 Å². The molecule has 0 unspecified atom stereocenters. The Morgan fingerprint density at radius 2 is 1.50 bits per heavy atom. The molecule has 0 heterocycles. The molecule has 0 saturated heterocycles. The topological polar surface area (TPSA) is 58.6 Å². The Balaban J connectivity index is 2.28. The number of benzene rings is 2. The van der Waals surface area contributed by atoms with E-state index >= 15 is 0 Å². The lowest BCUT2D eigenvalue weighted by atomic mass is 9.97. The van der Waals surface area contributed by atoms with Crippen LogP contribution in [0.4, 0.5) is 4.79 Å². The fourth-order valence-corrected chi connectivity index (χ4v) is 2.96. The maximum Gasteiger partial charge on any atom is 0.325 e. The van der Waals surface area contributed by atoms with Gasteiger partial charge in [0.1, 0.15) is 12.1 Å². The number of nitrogens with zero attached hydrogens (tertiary/aromatic N) is 1. The van der Waals surface area contributed by atoms with E-state index in [9.17, 15) is 9.59 Å². The van der Waals surface area contributed by atoms with Crippen LogP contribution in [-0.2, 0) is 9.53 Å². The van der Waals surface area contributed by atoms with Crippen molar-refractivity contribution in [2.75, 3.05) is 6.54 Å². The minimum absolute atomic E-state index is 0.246. The summed E-state index contributed by atoms with van der Waals surface area (Å²) in [6, 6.07) is 18.3. The Bertz CT molecular complexity index is 777. The number of thiol groups is 1. The third kappa shape index (κ3) is 6.16. The first-order valence-electron chi connectivity index (χ1n) is 8.95. The zero-order valence-corrected chi connectivity index (χ0v) is 17.3. The molecule has 28 heavy (non-hydrogen) atoms. The molecule has 0 aliphatic rings. The van der Waals surface area contributed by atoms with Crippen molar-refractivity contribution in [2.45, 2.75) is 32.4 Å². The van der Waals surface area contributed by atoms with Crippen molar-refractivity contribution < 1.29 is 14.3 Å². The van der Waals surface area contributed by atoms with Crippen molar-refractivity contribution in [1.82, 2.24) is 10.2 Å². The SMILES string of the molecule is C=C(S)N(C(=O)NCC(=O)OC(C)(C)C)C(c1ccccc1)c1ccccc1. The van der Waals surface area contributed by atoms with Gasteiger partial charge in [-0.25, -0.2) is 4.79 Å². The molecule has 5 nitrogen and oxygen atoms in total. The molecule has 0 radical (unpaired) electrons. The molecule has 0 saturated carbocycles. The van der Waals surface area contributed by atoms with Crippen LogP contribution in [0.5, 0.6) is 0 Å². The van der Waals surface area contributed by atoms with E-state index in [1.807, 2.05) is 60.7 Å². The minimum Gasteiger partial charge on any atom is -0.459 e. The second-order valence-corrected chi connectivity index (χ2v) is 7.77. The minimum atomic E-state index is -0.620. The number of carbonyl (C=O) groups excluding carboxylic acids is 2. The third-order valence-electron chi connectivity index (χ3n) is 3.79. The van der Waals surface area contributed by atoms with Gasteiger partial charge in [-0.2, -0.15) is 0 Å². The smallest absolute Gasteiger partial charge is 0.325 e. The predicted molar refractivity (Wildman–Crippen MR) is 114 cm³/mol. The summed E-state index contributed by atoms with van der Waals surface area (Å²) >= 11 is 4.34. The van der Waals surface area contributed by atoms with E-state index in [0.29, 0.717) is 0 Å². The lowest BCUT2D eigenvalue weighted by Gasteiger charge is -2.32. The van der Waals surface area contributed by atoms with Gasteiger partial charge in [0.25, 0.3) is 0 Å². The summed E-state index contributed by atoms with van der Waals surface area (Å²) in [5.41, 5.74) is 1.18. The van der Waals surface area contributed by atoms with Gasteiger partial charge in [0.2, 0.25) is 0 Å². The molecule has 0 spiro atoms. The molecule has 1 N–H and O–H groups in total. The van der Waals surface area contributed by atoms with Crippen LogP contribution in [0.25, 0.3) is 0 Å². The molecule has 0 atom stereocenters. The molecule has 2 aromatic carbocycles. The highest BCUT2D eigenvalue weighted by Gasteiger charge is 2.28. The second kappa shape index (κ2) is 9.46. The summed E-state index contributed by atoms with van der Waals surface area (Å²) in [6.45, 7) is 8.92. The van der Waals surface area contributed by atoms with E-state index in [4.69, 9.17) is 4.74 Å². The van der Waals surface area contributed by atoms with Crippen LogP contribution in [0.2, 0.25) is 0 Å². The van der Waals surface area contributed by atoms with Crippen molar-refractivity contribution in [3.8, 4) is 0 Å². The van der Waals surface area contributed by atoms with Gasteiger partial charge in [-0.15, -0.1) is 12.6 Å². The highest BCUT2D eigenvalue weighted by Crippen LogP contribution is 2.32. The van der Waals surface area contributed by atoms with E-state index in [2.05, 4.69) is 24.5 Å². The molecule has 2 rings (SSSR count). The Morgan fingerprint density at radius 1 is 1.04 bits per heavy atom. The van der Waals surface area contributed by atoms with Gasteiger partial charge >= 0.3 is 12.0 Å². The fraction of sp³-hybridized carbons (Fsp3) is 0.273. The van der Waals surface area contributed by atoms with Crippen molar-refractivity contribution in [3.63, 3.8) is 0 Å². The first-order chi connectivity index (χ1) is 13.2. The molecule has 6 heteroatoms. The number of urea groups is 1. The quantitative estimate of drug-likeness (QED) is 0.555. The van der Waals surface area contributed by atoms with Crippen LogP contribution in [0.1, 0.15) is 37.9 Å². The number of amides is 2. The van der Waals surface area contributed by atoms with Crippen LogP contribution in [0, 0.1) is 0 Å². The Kier molecular flexibility index (Phi) is 7.29. The second-order valence-electron chi connectivity index (χ2n) is 7.26. The summed E-state index contributed by atoms with van der Waals surface area (Å²) in [6.07, 6.45) is 0. The number of rotatable bonds is 6. The summed E-state index contributed by atoms with van der Waals surface area (Å²) in [5, 5.41) is 2.87. The zero-order chi connectivity index (χ0) is 20.7. The number of ether oxygens (including phenoxy) is 1. The van der Waals surface area contributed by atoms with Crippen molar-refractivity contribution in [3.05, 3.63) is 83.4 Å². The molecule has 0 bridgehead atoms. The van der Waals surface area contributed by atoms with E-state index in [0.717, 1.165) is 11.1 Å². The van der Waals surface area contributed by atoms with Crippen LogP contribution in [0.3, 0.4) is 0 Å². The zero-order valence-electron chi connectivity index (χ0n) is 16.4. The summed E-state index contributed by atoms with van der Waals surface area (Å²) in [7, 11) is 0. The fourth-order valence-electron chi connectivity index (χ4n) is 2.76. The lowest BCUT2D eigenvalue weighted by Crippen LogP contribution is -2.43. The molecular formula is C22H26N2O3S. The van der Waals surface area contributed by atoms with E-state index in [1.54, 1.807) is 20.8 Å². The number of hydrogen-bond donors (Lipinski definition) is 2. The maximum absolute atomic E-state index is 12.9. The van der Waals surface area contributed by atoms with Gasteiger partial charge in [-0.3, -0.25) is 9.69 Å². The highest BCUT2D eigenvalue weighted by atomic mass is 32.1. The number of esters is 1. The number of nitrogens with one attached hydrogen (secondary N) is 1. The van der Waals surface area contributed by atoms with Crippen LogP contribution in [-0.4, -0.2) is 29.0 Å². The monoisotopic (exact) mass is 398 g/mol. The average molecular weight is 399 g/mol. The number of carbonyl (C=O) groups is 2.